The van der Waals surface area contributed by atoms with E-state index in [-0.39, 0.29) is 11.7 Å². The highest BCUT2D eigenvalue weighted by molar-refractivity contribution is 7.92. The second-order valence-corrected chi connectivity index (χ2v) is 8.42. The second-order valence-electron chi connectivity index (χ2n) is 6.52. The number of hydrogen-bond donors (Lipinski definition) is 1. The van der Waals surface area contributed by atoms with Gasteiger partial charge in [0, 0.05) is 6.07 Å². The van der Waals surface area contributed by atoms with Gasteiger partial charge in [-0.3, -0.25) is 9.10 Å². The highest BCUT2D eigenvalue weighted by atomic mass is 32.2. The molecule has 0 saturated carbocycles. The number of nitrogens with one attached hydrogen (secondary N) is 1. The van der Waals surface area contributed by atoms with E-state index >= 15 is 0 Å². The Hall–Kier alpha value is -2.48. The van der Waals surface area contributed by atoms with Crippen molar-refractivity contribution in [2.24, 2.45) is 0 Å². The number of aryl methyl sites for hydroxylation is 2. The van der Waals surface area contributed by atoms with Crippen LogP contribution in [0.4, 0.5) is 14.5 Å². The summed E-state index contributed by atoms with van der Waals surface area (Å²) in [6.07, 6.45) is 0.898. The van der Waals surface area contributed by atoms with Crippen molar-refractivity contribution < 1.29 is 22.0 Å². The van der Waals surface area contributed by atoms with Gasteiger partial charge in [0.15, 0.2) is 11.6 Å². The number of rotatable bonds is 6. The molecule has 0 saturated heterocycles. The smallest absolute Gasteiger partial charge is 0.241 e. The van der Waals surface area contributed by atoms with Gasteiger partial charge < -0.3 is 5.32 Å². The van der Waals surface area contributed by atoms with Gasteiger partial charge in [0.1, 0.15) is 6.54 Å². The molecule has 1 N–H and O–H groups in total. The van der Waals surface area contributed by atoms with Crippen LogP contribution < -0.4 is 9.62 Å². The molecule has 8 heteroatoms. The summed E-state index contributed by atoms with van der Waals surface area (Å²) >= 11 is 0. The highest BCUT2D eigenvalue weighted by Gasteiger charge is 2.23. The molecule has 0 aliphatic heterocycles. The number of hydrogen-bond acceptors (Lipinski definition) is 3. The number of carbonyl (C=O) groups excluding carboxylic acids is 1. The number of benzene rings is 2. The van der Waals surface area contributed by atoms with Gasteiger partial charge in [-0.15, -0.1) is 0 Å². The van der Waals surface area contributed by atoms with Gasteiger partial charge in [-0.25, -0.2) is 17.2 Å². The van der Waals surface area contributed by atoms with E-state index in [1.807, 2.05) is 32.0 Å². The Morgan fingerprint density at radius 3 is 2.33 bits per heavy atom. The number of carbonyl (C=O) groups is 1. The van der Waals surface area contributed by atoms with Crippen LogP contribution in [0.3, 0.4) is 0 Å². The van der Waals surface area contributed by atoms with Crippen LogP contribution in [-0.4, -0.2) is 27.1 Å². The number of anilines is 1. The zero-order chi connectivity index (χ0) is 20.4. The number of halogens is 2. The van der Waals surface area contributed by atoms with Gasteiger partial charge in [-0.1, -0.05) is 23.8 Å². The molecule has 0 spiro atoms. The van der Waals surface area contributed by atoms with E-state index in [2.05, 4.69) is 5.32 Å². The van der Waals surface area contributed by atoms with Crippen molar-refractivity contribution in [3.63, 3.8) is 0 Å². The predicted octanol–water partition coefficient (Wildman–Crippen LogP) is 3.23. The quantitative estimate of drug-likeness (QED) is 0.815. The van der Waals surface area contributed by atoms with Crippen LogP contribution in [0.5, 0.6) is 0 Å². The summed E-state index contributed by atoms with van der Waals surface area (Å²) in [5.41, 5.74) is 2.89. The summed E-state index contributed by atoms with van der Waals surface area (Å²) in [7, 11) is -3.87. The largest absolute Gasteiger partial charge is 0.348 e. The second kappa shape index (κ2) is 8.04. The summed E-state index contributed by atoms with van der Waals surface area (Å²) in [4.78, 5) is 12.4. The number of sulfonamides is 1. The Labute approximate surface area is 158 Å². The standard InChI is InChI=1S/C19H22F2N2O3S/c1-12-5-7-16(13(2)9-12)14(3)22-19(24)11-23(27(4,25)26)15-6-8-17(20)18(21)10-15/h5-10,14H,11H2,1-4H3,(H,22,24). The van der Waals surface area contributed by atoms with Crippen molar-refractivity contribution in [1.29, 1.82) is 0 Å². The zero-order valence-electron chi connectivity index (χ0n) is 15.6. The summed E-state index contributed by atoms with van der Waals surface area (Å²) < 4.78 is 51.4. The first kappa shape index (κ1) is 20.8. The van der Waals surface area contributed by atoms with E-state index in [4.69, 9.17) is 0 Å². The SMILES string of the molecule is Cc1ccc(C(C)NC(=O)CN(c2ccc(F)c(F)c2)S(C)(=O)=O)c(C)c1. The molecule has 0 heterocycles. The van der Waals surface area contributed by atoms with E-state index in [9.17, 15) is 22.0 Å². The highest BCUT2D eigenvalue weighted by Crippen LogP contribution is 2.21. The molecule has 0 bridgehead atoms. The molecule has 146 valence electrons. The third-order valence-corrected chi connectivity index (χ3v) is 5.29. The Balaban J connectivity index is 2.20. The fourth-order valence-corrected chi connectivity index (χ4v) is 3.70. The van der Waals surface area contributed by atoms with Crippen molar-refractivity contribution in [2.75, 3.05) is 17.1 Å². The van der Waals surface area contributed by atoms with Gasteiger partial charge in [0.25, 0.3) is 0 Å². The molecule has 0 aliphatic rings. The van der Waals surface area contributed by atoms with Crippen molar-refractivity contribution in [1.82, 2.24) is 5.32 Å². The maximum atomic E-state index is 13.5. The van der Waals surface area contributed by atoms with Gasteiger partial charge in [0.05, 0.1) is 18.0 Å². The first-order valence-electron chi connectivity index (χ1n) is 8.28. The molecule has 1 amide bonds. The lowest BCUT2D eigenvalue weighted by atomic mass is 10.0. The normalized spacial score (nSPS) is 12.5. The fraction of sp³-hybridized carbons (Fsp3) is 0.316. The zero-order valence-corrected chi connectivity index (χ0v) is 16.4. The molecule has 0 fully saturated rings. The number of amides is 1. The Morgan fingerprint density at radius 2 is 1.78 bits per heavy atom. The lowest BCUT2D eigenvalue weighted by Crippen LogP contribution is -2.41. The molecule has 0 radical (unpaired) electrons. The van der Waals surface area contributed by atoms with E-state index in [1.54, 1.807) is 6.92 Å². The van der Waals surface area contributed by atoms with Crippen molar-refractivity contribution in [3.8, 4) is 0 Å². The maximum absolute atomic E-state index is 13.5. The minimum Gasteiger partial charge on any atom is -0.348 e. The molecular weight excluding hydrogens is 374 g/mol. The molecule has 0 aromatic heterocycles. The molecule has 5 nitrogen and oxygen atoms in total. The van der Waals surface area contributed by atoms with Gasteiger partial charge in [-0.05, 0) is 44.0 Å². The molecule has 1 atom stereocenters. The fourth-order valence-electron chi connectivity index (χ4n) is 2.85. The Kier molecular flexibility index (Phi) is 6.20. The maximum Gasteiger partial charge on any atom is 0.241 e. The van der Waals surface area contributed by atoms with Crippen LogP contribution in [0, 0.1) is 25.5 Å². The van der Waals surface area contributed by atoms with Gasteiger partial charge >= 0.3 is 0 Å². The molecular formula is C19H22F2N2O3S. The van der Waals surface area contributed by atoms with E-state index < -0.39 is 34.1 Å². The summed E-state index contributed by atoms with van der Waals surface area (Å²) in [5, 5.41) is 2.74. The van der Waals surface area contributed by atoms with Crippen LogP contribution in [0.2, 0.25) is 0 Å². The predicted molar refractivity (Wildman–Crippen MR) is 101 cm³/mol. The molecule has 0 aliphatic carbocycles. The van der Waals surface area contributed by atoms with Crippen LogP contribution >= 0.6 is 0 Å². The molecule has 2 rings (SSSR count). The molecule has 27 heavy (non-hydrogen) atoms. The van der Waals surface area contributed by atoms with Crippen molar-refractivity contribution in [2.45, 2.75) is 26.8 Å². The van der Waals surface area contributed by atoms with Gasteiger partial charge in [-0.2, -0.15) is 0 Å². The third-order valence-electron chi connectivity index (χ3n) is 4.15. The van der Waals surface area contributed by atoms with Crippen LogP contribution in [0.25, 0.3) is 0 Å². The van der Waals surface area contributed by atoms with Crippen molar-refractivity contribution >= 4 is 21.6 Å². The van der Waals surface area contributed by atoms with Crippen molar-refractivity contribution in [3.05, 3.63) is 64.7 Å². The van der Waals surface area contributed by atoms with Crippen LogP contribution in [0.1, 0.15) is 29.7 Å². The average molecular weight is 396 g/mol. The third kappa shape index (κ3) is 5.26. The Morgan fingerprint density at radius 1 is 1.11 bits per heavy atom. The monoisotopic (exact) mass is 396 g/mol. The summed E-state index contributed by atoms with van der Waals surface area (Å²) in [6.45, 7) is 5.14. The number of nitrogens with zero attached hydrogens (tertiary/aromatic N) is 1. The van der Waals surface area contributed by atoms with Gasteiger partial charge in [0.2, 0.25) is 15.9 Å². The minimum absolute atomic E-state index is 0.120. The topological polar surface area (TPSA) is 66.5 Å². The molecule has 2 aromatic carbocycles. The Bertz CT molecular complexity index is 961. The van der Waals surface area contributed by atoms with Crippen LogP contribution in [-0.2, 0) is 14.8 Å². The first-order valence-corrected chi connectivity index (χ1v) is 10.1. The molecule has 1 unspecified atom stereocenters. The summed E-state index contributed by atoms with van der Waals surface area (Å²) in [5.74, 6) is -2.84. The first-order chi connectivity index (χ1) is 12.5. The lowest BCUT2D eigenvalue weighted by molar-refractivity contribution is -0.120. The minimum atomic E-state index is -3.87. The van der Waals surface area contributed by atoms with E-state index in [1.165, 1.54) is 0 Å². The summed E-state index contributed by atoms with van der Waals surface area (Å²) in [6, 6.07) is 8.15. The van der Waals surface area contributed by atoms with E-state index in [0.29, 0.717) is 0 Å². The average Bonchev–Trinajstić information content (AvgIpc) is 2.54. The molecule has 2 aromatic rings. The van der Waals surface area contributed by atoms with E-state index in [0.717, 1.165) is 45.5 Å². The lowest BCUT2D eigenvalue weighted by Gasteiger charge is -2.24. The van der Waals surface area contributed by atoms with Crippen LogP contribution in [0.15, 0.2) is 36.4 Å².